The molecule has 0 saturated heterocycles. The standard InChI is InChI=1S/C21H16ClF3N2O/c22-19-10-9-17(21(23,24)25)12-20(19)27-26-13-16-7-4-8-18(11-16)28-14-15-5-2-1-3-6-15/h1-13,27H,14H2. The van der Waals surface area contributed by atoms with Gasteiger partial charge < -0.3 is 4.74 Å². The average molecular weight is 405 g/mol. The molecule has 3 aromatic carbocycles. The third-order valence-electron chi connectivity index (χ3n) is 3.80. The molecule has 0 bridgehead atoms. The molecule has 7 heteroatoms. The lowest BCUT2D eigenvalue weighted by Gasteiger charge is -2.10. The average Bonchev–Trinajstić information content (AvgIpc) is 2.68. The number of benzene rings is 3. The van der Waals surface area contributed by atoms with Crippen molar-refractivity contribution in [3.05, 3.63) is 94.5 Å². The monoisotopic (exact) mass is 404 g/mol. The van der Waals surface area contributed by atoms with E-state index < -0.39 is 11.7 Å². The summed E-state index contributed by atoms with van der Waals surface area (Å²) in [6, 6.07) is 20.0. The normalized spacial score (nSPS) is 11.6. The van der Waals surface area contributed by atoms with Crippen molar-refractivity contribution in [2.24, 2.45) is 5.10 Å². The lowest BCUT2D eigenvalue weighted by molar-refractivity contribution is -0.137. The minimum Gasteiger partial charge on any atom is -0.489 e. The number of ether oxygens (including phenoxy) is 1. The Bertz CT molecular complexity index is 959. The molecule has 0 atom stereocenters. The molecule has 0 spiro atoms. The van der Waals surface area contributed by atoms with Crippen molar-refractivity contribution in [2.75, 3.05) is 5.43 Å². The highest BCUT2D eigenvalue weighted by Crippen LogP contribution is 2.33. The van der Waals surface area contributed by atoms with Crippen LogP contribution in [0.3, 0.4) is 0 Å². The van der Waals surface area contributed by atoms with Gasteiger partial charge in [-0.25, -0.2) is 0 Å². The summed E-state index contributed by atoms with van der Waals surface area (Å²) in [5.74, 6) is 0.657. The zero-order chi connectivity index (χ0) is 20.0. The number of rotatable bonds is 6. The molecule has 3 rings (SSSR count). The molecule has 0 aromatic heterocycles. The van der Waals surface area contributed by atoms with Crippen molar-refractivity contribution in [2.45, 2.75) is 12.8 Å². The molecule has 0 aliphatic rings. The van der Waals surface area contributed by atoms with Crippen LogP contribution in [-0.4, -0.2) is 6.21 Å². The zero-order valence-electron chi connectivity index (χ0n) is 14.6. The first-order valence-corrected chi connectivity index (χ1v) is 8.72. The second-order valence-corrected chi connectivity index (χ2v) is 6.32. The largest absolute Gasteiger partial charge is 0.489 e. The fraction of sp³-hybridized carbons (Fsp3) is 0.0952. The van der Waals surface area contributed by atoms with Gasteiger partial charge in [0.25, 0.3) is 0 Å². The molecular formula is C21H16ClF3N2O. The van der Waals surface area contributed by atoms with Gasteiger partial charge in [0.2, 0.25) is 0 Å². The fourth-order valence-corrected chi connectivity index (χ4v) is 2.55. The Morgan fingerprint density at radius 1 is 0.964 bits per heavy atom. The molecule has 144 valence electrons. The van der Waals surface area contributed by atoms with E-state index in [2.05, 4.69) is 10.5 Å². The van der Waals surface area contributed by atoms with E-state index in [1.807, 2.05) is 36.4 Å². The van der Waals surface area contributed by atoms with Gasteiger partial charge in [-0.3, -0.25) is 5.43 Å². The van der Waals surface area contributed by atoms with E-state index in [1.165, 1.54) is 12.3 Å². The molecule has 3 aromatic rings. The first-order valence-electron chi connectivity index (χ1n) is 8.34. The minimum atomic E-state index is -4.45. The van der Waals surface area contributed by atoms with Crippen molar-refractivity contribution in [1.82, 2.24) is 0 Å². The second-order valence-electron chi connectivity index (χ2n) is 5.91. The first-order chi connectivity index (χ1) is 13.4. The summed E-state index contributed by atoms with van der Waals surface area (Å²) in [5.41, 5.74) is 3.59. The summed E-state index contributed by atoms with van der Waals surface area (Å²) >= 11 is 5.93. The highest BCUT2D eigenvalue weighted by atomic mass is 35.5. The third kappa shape index (κ3) is 5.50. The van der Waals surface area contributed by atoms with Gasteiger partial charge in [0.15, 0.2) is 0 Å². The Kier molecular flexibility index (Phi) is 6.21. The summed E-state index contributed by atoms with van der Waals surface area (Å²) in [7, 11) is 0. The van der Waals surface area contributed by atoms with Crippen molar-refractivity contribution in [3.8, 4) is 5.75 Å². The van der Waals surface area contributed by atoms with E-state index in [-0.39, 0.29) is 10.7 Å². The van der Waals surface area contributed by atoms with E-state index >= 15 is 0 Å². The van der Waals surface area contributed by atoms with E-state index in [9.17, 15) is 13.2 Å². The number of nitrogens with one attached hydrogen (secondary N) is 1. The van der Waals surface area contributed by atoms with Crippen LogP contribution < -0.4 is 10.2 Å². The molecule has 0 aliphatic carbocycles. The fourth-order valence-electron chi connectivity index (χ4n) is 2.39. The van der Waals surface area contributed by atoms with Crippen LogP contribution in [0.5, 0.6) is 5.75 Å². The lowest BCUT2D eigenvalue weighted by atomic mass is 10.2. The molecule has 0 unspecified atom stereocenters. The molecule has 0 amide bonds. The molecule has 1 N–H and O–H groups in total. The van der Waals surface area contributed by atoms with Crippen molar-refractivity contribution in [1.29, 1.82) is 0 Å². The Labute approximate surface area is 165 Å². The zero-order valence-corrected chi connectivity index (χ0v) is 15.3. The molecule has 0 aliphatic heterocycles. The summed E-state index contributed by atoms with van der Waals surface area (Å²) in [4.78, 5) is 0. The number of hydrogen-bond donors (Lipinski definition) is 1. The van der Waals surface area contributed by atoms with Crippen LogP contribution in [0.2, 0.25) is 5.02 Å². The molecular weight excluding hydrogens is 389 g/mol. The van der Waals surface area contributed by atoms with Gasteiger partial charge in [0, 0.05) is 0 Å². The quantitative estimate of drug-likeness (QED) is 0.382. The smallest absolute Gasteiger partial charge is 0.416 e. The maximum atomic E-state index is 12.8. The van der Waals surface area contributed by atoms with Gasteiger partial charge in [0.05, 0.1) is 22.5 Å². The highest BCUT2D eigenvalue weighted by molar-refractivity contribution is 6.33. The molecule has 28 heavy (non-hydrogen) atoms. The van der Waals surface area contributed by atoms with E-state index in [0.717, 1.165) is 23.3 Å². The van der Waals surface area contributed by atoms with Crippen molar-refractivity contribution in [3.63, 3.8) is 0 Å². The summed E-state index contributed by atoms with van der Waals surface area (Å²) in [5, 5.41) is 4.12. The second kappa shape index (κ2) is 8.80. The number of hydrazone groups is 1. The van der Waals surface area contributed by atoms with Crippen LogP contribution in [0, 0.1) is 0 Å². The maximum Gasteiger partial charge on any atom is 0.416 e. The van der Waals surface area contributed by atoms with Crippen LogP contribution in [-0.2, 0) is 12.8 Å². The Balaban J connectivity index is 1.65. The van der Waals surface area contributed by atoms with Crippen LogP contribution in [0.1, 0.15) is 16.7 Å². The van der Waals surface area contributed by atoms with Crippen LogP contribution in [0.4, 0.5) is 18.9 Å². The molecule has 0 heterocycles. The van der Waals surface area contributed by atoms with E-state index in [1.54, 1.807) is 18.2 Å². The van der Waals surface area contributed by atoms with Gasteiger partial charge in [0.1, 0.15) is 12.4 Å². The summed E-state index contributed by atoms with van der Waals surface area (Å²) < 4.78 is 44.2. The number of halogens is 4. The SMILES string of the molecule is FC(F)(F)c1ccc(Cl)c(NN=Cc2cccc(OCc3ccccc3)c2)c1. The van der Waals surface area contributed by atoms with Crippen LogP contribution in [0.25, 0.3) is 0 Å². The molecule has 0 fully saturated rings. The van der Waals surface area contributed by atoms with Gasteiger partial charge in [-0.1, -0.05) is 54.1 Å². The van der Waals surface area contributed by atoms with E-state index in [0.29, 0.717) is 12.4 Å². The summed E-state index contributed by atoms with van der Waals surface area (Å²) in [6.45, 7) is 0.430. The first kappa shape index (κ1) is 19.8. The molecule has 0 saturated carbocycles. The predicted octanol–water partition coefficient (Wildman–Crippen LogP) is 6.38. The number of nitrogens with zero attached hydrogens (tertiary/aromatic N) is 1. The van der Waals surface area contributed by atoms with Crippen LogP contribution >= 0.6 is 11.6 Å². The van der Waals surface area contributed by atoms with Gasteiger partial charge in [-0.2, -0.15) is 18.3 Å². The van der Waals surface area contributed by atoms with Gasteiger partial charge in [-0.05, 0) is 41.5 Å². The molecule has 0 radical (unpaired) electrons. The van der Waals surface area contributed by atoms with Crippen molar-refractivity contribution < 1.29 is 17.9 Å². The number of alkyl halides is 3. The lowest BCUT2D eigenvalue weighted by Crippen LogP contribution is -2.05. The number of anilines is 1. The Morgan fingerprint density at radius 3 is 2.50 bits per heavy atom. The molecule has 3 nitrogen and oxygen atoms in total. The van der Waals surface area contributed by atoms with Gasteiger partial charge >= 0.3 is 6.18 Å². The highest BCUT2D eigenvalue weighted by Gasteiger charge is 2.30. The third-order valence-corrected chi connectivity index (χ3v) is 4.13. The van der Waals surface area contributed by atoms with Gasteiger partial charge in [-0.15, -0.1) is 0 Å². The van der Waals surface area contributed by atoms with E-state index in [4.69, 9.17) is 16.3 Å². The summed E-state index contributed by atoms with van der Waals surface area (Å²) in [6.07, 6.45) is -2.97. The van der Waals surface area contributed by atoms with Crippen molar-refractivity contribution >= 4 is 23.5 Å². The maximum absolute atomic E-state index is 12.8. The Morgan fingerprint density at radius 2 is 1.75 bits per heavy atom. The topological polar surface area (TPSA) is 33.6 Å². The predicted molar refractivity (Wildman–Crippen MR) is 105 cm³/mol. The Hall–Kier alpha value is -2.99. The number of hydrogen-bond acceptors (Lipinski definition) is 3. The van der Waals surface area contributed by atoms with Crippen LogP contribution in [0.15, 0.2) is 77.9 Å². The minimum absolute atomic E-state index is 0.0734.